The second kappa shape index (κ2) is 11.8. The van der Waals surface area contributed by atoms with Gasteiger partial charge in [-0.05, 0) is 18.5 Å². The van der Waals surface area contributed by atoms with Crippen LogP contribution in [0.1, 0.15) is 20.8 Å². The van der Waals surface area contributed by atoms with Gasteiger partial charge in [-0.15, -0.1) is 32.7 Å². The molecule has 0 aromatic rings. The van der Waals surface area contributed by atoms with E-state index in [-0.39, 0.29) is 24.8 Å². The Morgan fingerprint density at radius 1 is 0.778 bits per heavy atom. The lowest BCUT2D eigenvalue weighted by atomic mass is 10.9. The normalized spacial score (nSPS) is 8.00. The van der Waals surface area contributed by atoms with Crippen LogP contribution in [0.2, 0.25) is 0 Å². The summed E-state index contributed by atoms with van der Waals surface area (Å²) in [6.45, 7) is 6.87. The average Bonchev–Trinajstić information content (AvgIpc) is 1.72. The summed E-state index contributed by atoms with van der Waals surface area (Å²) < 4.78 is 0. The highest BCUT2D eigenvalue weighted by atomic mass is 35.5. The molecule has 0 amide bonds. The highest BCUT2D eigenvalue weighted by Gasteiger charge is 1.94. The third-order valence-electron chi connectivity index (χ3n) is 1.34. The van der Waals surface area contributed by atoms with Crippen molar-refractivity contribution in [2.75, 3.05) is 18.5 Å². The molecule has 0 spiro atoms. The second-order valence-corrected chi connectivity index (χ2v) is 4.86. The molecule has 0 aromatic carbocycles. The molecule has 9 heavy (non-hydrogen) atoms. The fraction of sp³-hybridized carbons (Fsp3) is 1.00. The van der Waals surface area contributed by atoms with Crippen LogP contribution in [0.3, 0.4) is 0 Å². The summed E-state index contributed by atoms with van der Waals surface area (Å²) in [5.74, 6) is 0. The summed E-state index contributed by atoms with van der Waals surface area (Å²) in [5, 5.41) is 0. The van der Waals surface area contributed by atoms with Crippen LogP contribution in [-0.4, -0.2) is 18.5 Å². The Kier molecular flexibility index (Phi) is 21.6. The summed E-state index contributed by atoms with van der Waals surface area (Å²) in [5.41, 5.74) is 0. The highest BCUT2D eigenvalue weighted by molar-refractivity contribution is 7.57. The van der Waals surface area contributed by atoms with Gasteiger partial charge in [0.15, 0.2) is 0 Å². The van der Waals surface area contributed by atoms with E-state index >= 15 is 0 Å². The van der Waals surface area contributed by atoms with Gasteiger partial charge in [-0.25, -0.2) is 0 Å². The van der Waals surface area contributed by atoms with Gasteiger partial charge in [-0.3, -0.25) is 0 Å². The standard InChI is InChI=1S/C6H15P.2ClH/c1-4-7(5-2)6-3;;/h4-6H2,1-3H3;2*1H. The molecule has 0 fully saturated rings. The van der Waals surface area contributed by atoms with Gasteiger partial charge >= 0.3 is 0 Å². The van der Waals surface area contributed by atoms with E-state index in [1.807, 2.05) is 0 Å². The Morgan fingerprint density at radius 3 is 1.00 bits per heavy atom. The zero-order valence-electron chi connectivity index (χ0n) is 6.39. The first-order chi connectivity index (χ1) is 3.35. The van der Waals surface area contributed by atoms with Gasteiger partial charge in [-0.1, -0.05) is 20.8 Å². The van der Waals surface area contributed by atoms with Crippen LogP contribution in [0.4, 0.5) is 0 Å². The summed E-state index contributed by atoms with van der Waals surface area (Å²) in [4.78, 5) is 0. The zero-order valence-corrected chi connectivity index (χ0v) is 8.91. The fourth-order valence-corrected chi connectivity index (χ4v) is 2.01. The molecule has 0 saturated carbocycles. The van der Waals surface area contributed by atoms with E-state index in [1.54, 1.807) is 0 Å². The van der Waals surface area contributed by atoms with Gasteiger partial charge in [0.25, 0.3) is 0 Å². The Bertz CT molecular complexity index is 32.5. The zero-order chi connectivity index (χ0) is 5.70. The minimum atomic E-state index is 0. The fourth-order valence-electron chi connectivity index (χ4n) is 0.671. The molecule has 0 aliphatic carbocycles. The number of halogens is 2. The topological polar surface area (TPSA) is 0 Å². The van der Waals surface area contributed by atoms with Gasteiger partial charge in [0, 0.05) is 0 Å². The monoisotopic (exact) mass is 190 g/mol. The van der Waals surface area contributed by atoms with E-state index in [0.29, 0.717) is 7.92 Å². The first kappa shape index (κ1) is 16.5. The summed E-state index contributed by atoms with van der Waals surface area (Å²) in [6, 6.07) is 0. The van der Waals surface area contributed by atoms with Crippen LogP contribution in [0.25, 0.3) is 0 Å². The quantitative estimate of drug-likeness (QED) is 0.600. The maximum atomic E-state index is 2.29. The molecule has 0 radical (unpaired) electrons. The molecule has 0 N–H and O–H groups in total. The molecular weight excluding hydrogens is 174 g/mol. The van der Waals surface area contributed by atoms with E-state index in [0.717, 1.165) is 0 Å². The van der Waals surface area contributed by atoms with E-state index in [2.05, 4.69) is 20.8 Å². The van der Waals surface area contributed by atoms with Gasteiger partial charge in [0.05, 0.1) is 0 Å². The van der Waals surface area contributed by atoms with Crippen LogP contribution in [0, 0.1) is 0 Å². The van der Waals surface area contributed by atoms with E-state index < -0.39 is 0 Å². The van der Waals surface area contributed by atoms with Crippen molar-refractivity contribution in [2.24, 2.45) is 0 Å². The lowest BCUT2D eigenvalue weighted by Gasteiger charge is -2.07. The first-order valence-corrected chi connectivity index (χ1v) is 4.97. The van der Waals surface area contributed by atoms with Gasteiger partial charge < -0.3 is 0 Å². The summed E-state index contributed by atoms with van der Waals surface area (Å²) in [6.07, 6.45) is 4.26. The Hall–Kier alpha value is 1.01. The van der Waals surface area contributed by atoms with E-state index in [4.69, 9.17) is 0 Å². The number of hydrogen-bond acceptors (Lipinski definition) is 0. The summed E-state index contributed by atoms with van der Waals surface area (Å²) >= 11 is 0. The Labute approximate surface area is 72.4 Å². The van der Waals surface area contributed by atoms with Gasteiger partial charge in [0.1, 0.15) is 0 Å². The molecule has 0 aliphatic rings. The first-order valence-electron chi connectivity index (χ1n) is 3.07. The molecule has 0 heterocycles. The molecule has 0 aliphatic heterocycles. The molecule has 0 saturated heterocycles. The molecule has 0 atom stereocenters. The third kappa shape index (κ3) is 9.01. The maximum absolute atomic E-state index is 2.29. The third-order valence-corrected chi connectivity index (χ3v) is 4.02. The van der Waals surface area contributed by atoms with Crippen molar-refractivity contribution in [1.82, 2.24) is 0 Å². The van der Waals surface area contributed by atoms with Crippen LogP contribution in [-0.2, 0) is 0 Å². The predicted octanol–water partition coefficient (Wildman–Crippen LogP) is 3.37. The minimum Gasteiger partial charge on any atom is -0.147 e. The second-order valence-electron chi connectivity index (χ2n) is 1.62. The van der Waals surface area contributed by atoms with Crippen LogP contribution >= 0.6 is 32.7 Å². The number of rotatable bonds is 3. The van der Waals surface area contributed by atoms with Crippen molar-refractivity contribution in [3.05, 3.63) is 0 Å². The van der Waals surface area contributed by atoms with Crippen molar-refractivity contribution in [2.45, 2.75) is 20.8 Å². The van der Waals surface area contributed by atoms with Crippen LogP contribution < -0.4 is 0 Å². The lowest BCUT2D eigenvalue weighted by Crippen LogP contribution is -1.83. The highest BCUT2D eigenvalue weighted by Crippen LogP contribution is 2.32. The van der Waals surface area contributed by atoms with Crippen molar-refractivity contribution in [3.8, 4) is 0 Å². The molecule has 60 valence electrons. The molecule has 0 rings (SSSR count). The van der Waals surface area contributed by atoms with Crippen molar-refractivity contribution in [3.63, 3.8) is 0 Å². The largest absolute Gasteiger partial charge is 0.147 e. The SMILES string of the molecule is CCP(CC)CC.Cl.Cl. The molecule has 0 aromatic heterocycles. The Balaban J connectivity index is -0.000000180. The lowest BCUT2D eigenvalue weighted by molar-refractivity contribution is 1.35. The molecule has 0 bridgehead atoms. The average molecular weight is 191 g/mol. The molecule has 0 nitrogen and oxygen atoms in total. The van der Waals surface area contributed by atoms with Crippen LogP contribution in [0.5, 0.6) is 0 Å². The maximum Gasteiger partial charge on any atom is -0.0355 e. The van der Waals surface area contributed by atoms with Crippen molar-refractivity contribution in [1.29, 1.82) is 0 Å². The van der Waals surface area contributed by atoms with Crippen molar-refractivity contribution < 1.29 is 0 Å². The minimum absolute atomic E-state index is 0. The van der Waals surface area contributed by atoms with Gasteiger partial charge in [0.2, 0.25) is 0 Å². The predicted molar refractivity (Wildman–Crippen MR) is 53.0 cm³/mol. The van der Waals surface area contributed by atoms with E-state index in [9.17, 15) is 0 Å². The van der Waals surface area contributed by atoms with Crippen LogP contribution in [0.15, 0.2) is 0 Å². The Morgan fingerprint density at radius 2 is 1.00 bits per heavy atom. The summed E-state index contributed by atoms with van der Waals surface area (Å²) in [7, 11) is 0.446. The van der Waals surface area contributed by atoms with Gasteiger partial charge in [-0.2, -0.15) is 0 Å². The molecule has 3 heteroatoms. The number of hydrogen-bond donors (Lipinski definition) is 0. The molecule has 0 unspecified atom stereocenters. The van der Waals surface area contributed by atoms with Crippen molar-refractivity contribution >= 4 is 32.7 Å². The molecular formula is C6H17Cl2P. The van der Waals surface area contributed by atoms with E-state index in [1.165, 1.54) is 18.5 Å². The smallest absolute Gasteiger partial charge is 0.0355 e.